The van der Waals surface area contributed by atoms with Crippen molar-refractivity contribution >= 4 is 22.5 Å². The van der Waals surface area contributed by atoms with Crippen molar-refractivity contribution in [3.8, 4) is 11.1 Å². The topological polar surface area (TPSA) is 0 Å². The molecule has 0 nitrogen and oxygen atoms in total. The molecule has 0 aliphatic heterocycles. The van der Waals surface area contributed by atoms with Gasteiger partial charge in [0.05, 0.1) is 0 Å². The number of rotatable bonds is 2. The van der Waals surface area contributed by atoms with Crippen molar-refractivity contribution in [1.82, 2.24) is 0 Å². The molecule has 1 heteroatoms. The SMILES string of the molecule is CC(C)(C)c1ccc2c(c1)-c1cc(C(C)(C)C)cc(C3=C(c4ccsc4)C=CC3)c1C2. The van der Waals surface area contributed by atoms with E-state index in [1.165, 1.54) is 55.7 Å². The smallest absolute Gasteiger partial charge is 0.000739 e. The summed E-state index contributed by atoms with van der Waals surface area (Å²) in [5.74, 6) is 0. The molecule has 0 atom stereocenters. The van der Waals surface area contributed by atoms with E-state index in [-0.39, 0.29) is 10.8 Å². The van der Waals surface area contributed by atoms with Gasteiger partial charge in [0.15, 0.2) is 0 Å². The Labute approximate surface area is 191 Å². The molecule has 0 spiro atoms. The van der Waals surface area contributed by atoms with Crippen LogP contribution in [0.25, 0.3) is 22.3 Å². The molecule has 3 aromatic rings. The van der Waals surface area contributed by atoms with Crippen LogP contribution >= 0.6 is 11.3 Å². The molecule has 1 aromatic heterocycles. The van der Waals surface area contributed by atoms with Crippen LogP contribution in [-0.2, 0) is 17.3 Å². The third-order valence-electron chi connectivity index (χ3n) is 6.84. The fourth-order valence-electron chi connectivity index (χ4n) is 4.89. The van der Waals surface area contributed by atoms with Gasteiger partial charge in [-0.15, -0.1) is 0 Å². The minimum atomic E-state index is 0.114. The maximum absolute atomic E-state index is 2.49. The first-order chi connectivity index (χ1) is 14.6. The Morgan fingerprint density at radius 1 is 0.774 bits per heavy atom. The lowest BCUT2D eigenvalue weighted by atomic mass is 9.81. The first-order valence-electron chi connectivity index (χ1n) is 11.4. The predicted octanol–water partition coefficient (Wildman–Crippen LogP) is 8.79. The fourth-order valence-corrected chi connectivity index (χ4v) is 5.55. The van der Waals surface area contributed by atoms with Gasteiger partial charge in [0.1, 0.15) is 0 Å². The number of allylic oxidation sites excluding steroid dienone is 4. The molecule has 0 amide bonds. The normalized spacial score (nSPS) is 15.5. The van der Waals surface area contributed by atoms with Gasteiger partial charge in [-0.25, -0.2) is 0 Å². The van der Waals surface area contributed by atoms with Gasteiger partial charge in [0, 0.05) is 0 Å². The predicted molar refractivity (Wildman–Crippen MR) is 137 cm³/mol. The van der Waals surface area contributed by atoms with Gasteiger partial charge in [-0.1, -0.05) is 84.0 Å². The minimum Gasteiger partial charge on any atom is -0.152 e. The number of hydrogen-bond acceptors (Lipinski definition) is 1. The fraction of sp³-hybridized carbons (Fsp3) is 0.333. The minimum absolute atomic E-state index is 0.114. The zero-order chi connectivity index (χ0) is 22.0. The lowest BCUT2D eigenvalue weighted by Crippen LogP contribution is -2.12. The third kappa shape index (κ3) is 3.53. The van der Waals surface area contributed by atoms with E-state index < -0.39 is 0 Å². The van der Waals surface area contributed by atoms with E-state index in [1.54, 1.807) is 11.3 Å². The van der Waals surface area contributed by atoms with Crippen LogP contribution in [0.5, 0.6) is 0 Å². The van der Waals surface area contributed by atoms with E-state index in [0.717, 1.165) is 12.8 Å². The Balaban J connectivity index is 1.76. The largest absolute Gasteiger partial charge is 0.152 e. The molecule has 2 aliphatic rings. The average molecular weight is 425 g/mol. The summed E-state index contributed by atoms with van der Waals surface area (Å²) >= 11 is 1.78. The molecular weight excluding hydrogens is 392 g/mol. The Hall–Kier alpha value is -2.38. The van der Waals surface area contributed by atoms with Gasteiger partial charge in [-0.2, -0.15) is 11.3 Å². The molecule has 0 bridgehead atoms. The second kappa shape index (κ2) is 7.07. The highest BCUT2D eigenvalue weighted by Crippen LogP contribution is 2.47. The van der Waals surface area contributed by atoms with Gasteiger partial charge in [-0.05, 0) is 96.2 Å². The summed E-state index contributed by atoms with van der Waals surface area (Å²) in [6.07, 6.45) is 6.72. The van der Waals surface area contributed by atoms with Crippen molar-refractivity contribution in [2.24, 2.45) is 0 Å². The molecule has 0 radical (unpaired) electrons. The Bertz CT molecular complexity index is 1220. The standard InChI is InChI=1S/C30H32S/c1-29(2,3)21-11-10-19-14-26-27(24-9-7-8-23(24)20-12-13-31-18-20)16-22(30(4,5)6)17-28(26)25(19)15-21/h7-8,10-13,15-18H,9,14H2,1-6H3. The van der Waals surface area contributed by atoms with Crippen LogP contribution in [0.1, 0.15) is 81.3 Å². The first-order valence-corrected chi connectivity index (χ1v) is 12.3. The van der Waals surface area contributed by atoms with E-state index in [2.05, 4.69) is 101 Å². The molecule has 5 rings (SSSR count). The quantitative estimate of drug-likeness (QED) is 0.301. The van der Waals surface area contributed by atoms with Crippen LogP contribution in [0.2, 0.25) is 0 Å². The summed E-state index contributed by atoms with van der Waals surface area (Å²) in [5, 5.41) is 4.47. The molecular formula is C30H32S. The lowest BCUT2D eigenvalue weighted by Gasteiger charge is -2.24. The van der Waals surface area contributed by atoms with Gasteiger partial charge in [-0.3, -0.25) is 0 Å². The first kappa shape index (κ1) is 20.5. The van der Waals surface area contributed by atoms with Gasteiger partial charge in [0.2, 0.25) is 0 Å². The van der Waals surface area contributed by atoms with Crippen molar-refractivity contribution in [3.63, 3.8) is 0 Å². The summed E-state index contributed by atoms with van der Waals surface area (Å²) in [4.78, 5) is 0. The summed E-state index contributed by atoms with van der Waals surface area (Å²) < 4.78 is 0. The Morgan fingerprint density at radius 2 is 1.48 bits per heavy atom. The van der Waals surface area contributed by atoms with Gasteiger partial charge in [0.25, 0.3) is 0 Å². The van der Waals surface area contributed by atoms with E-state index in [4.69, 9.17) is 0 Å². The zero-order valence-corrected chi connectivity index (χ0v) is 20.4. The van der Waals surface area contributed by atoms with Gasteiger partial charge >= 0.3 is 0 Å². The number of thiophene rings is 1. The highest BCUT2D eigenvalue weighted by molar-refractivity contribution is 7.08. The molecule has 0 N–H and O–H groups in total. The Morgan fingerprint density at radius 3 is 2.16 bits per heavy atom. The molecule has 31 heavy (non-hydrogen) atoms. The summed E-state index contributed by atoms with van der Waals surface area (Å²) in [5.41, 5.74) is 14.7. The van der Waals surface area contributed by atoms with Crippen LogP contribution in [0.4, 0.5) is 0 Å². The highest BCUT2D eigenvalue weighted by atomic mass is 32.1. The number of hydrogen-bond donors (Lipinski definition) is 0. The van der Waals surface area contributed by atoms with Crippen LogP contribution in [0, 0.1) is 0 Å². The van der Waals surface area contributed by atoms with Gasteiger partial charge < -0.3 is 0 Å². The average Bonchev–Trinajstić information content (AvgIpc) is 3.43. The molecule has 158 valence electrons. The third-order valence-corrected chi connectivity index (χ3v) is 7.52. The van der Waals surface area contributed by atoms with E-state index in [1.807, 2.05) is 0 Å². The molecule has 2 aromatic carbocycles. The molecule has 0 fully saturated rings. The number of benzene rings is 2. The maximum atomic E-state index is 2.49. The second-order valence-electron chi connectivity index (χ2n) is 11.1. The molecule has 0 saturated heterocycles. The summed E-state index contributed by atoms with van der Waals surface area (Å²) in [6.45, 7) is 13.9. The van der Waals surface area contributed by atoms with Crippen molar-refractivity contribution in [1.29, 1.82) is 0 Å². The summed E-state index contributed by atoms with van der Waals surface area (Å²) in [7, 11) is 0. The Kier molecular flexibility index (Phi) is 4.68. The molecule has 1 heterocycles. The van der Waals surface area contributed by atoms with E-state index in [0.29, 0.717) is 0 Å². The second-order valence-corrected chi connectivity index (χ2v) is 11.9. The molecule has 0 unspecified atom stereocenters. The van der Waals surface area contributed by atoms with Crippen LogP contribution in [0.15, 0.2) is 59.3 Å². The van der Waals surface area contributed by atoms with Crippen molar-refractivity contribution < 1.29 is 0 Å². The van der Waals surface area contributed by atoms with Crippen molar-refractivity contribution in [2.45, 2.75) is 65.2 Å². The molecule has 2 aliphatic carbocycles. The number of fused-ring (bicyclic) bond motifs is 3. The van der Waals surface area contributed by atoms with E-state index in [9.17, 15) is 0 Å². The van der Waals surface area contributed by atoms with E-state index >= 15 is 0 Å². The van der Waals surface area contributed by atoms with Crippen LogP contribution < -0.4 is 0 Å². The zero-order valence-electron chi connectivity index (χ0n) is 19.6. The monoisotopic (exact) mass is 424 g/mol. The highest BCUT2D eigenvalue weighted by Gasteiger charge is 2.29. The van der Waals surface area contributed by atoms with Crippen molar-refractivity contribution in [2.75, 3.05) is 0 Å². The molecule has 0 saturated carbocycles. The lowest BCUT2D eigenvalue weighted by molar-refractivity contribution is 0.589. The maximum Gasteiger partial charge on any atom is -0.000739 e. The van der Waals surface area contributed by atoms with Crippen LogP contribution in [0.3, 0.4) is 0 Å². The van der Waals surface area contributed by atoms with Crippen LogP contribution in [-0.4, -0.2) is 0 Å². The summed E-state index contributed by atoms with van der Waals surface area (Å²) in [6, 6.07) is 14.4. The van der Waals surface area contributed by atoms with Crippen molar-refractivity contribution in [3.05, 3.63) is 92.7 Å².